The van der Waals surface area contributed by atoms with Gasteiger partial charge in [0.2, 0.25) is 0 Å². The Kier molecular flexibility index (Phi) is 4.32. The second-order valence-corrected chi connectivity index (χ2v) is 4.46. The van der Waals surface area contributed by atoms with Crippen LogP contribution in [0, 0.1) is 11.6 Å². The van der Waals surface area contributed by atoms with Crippen molar-refractivity contribution < 1.29 is 13.2 Å². The molecule has 0 saturated heterocycles. The van der Waals surface area contributed by atoms with Crippen LogP contribution in [0.5, 0.6) is 0 Å². The third-order valence-corrected chi connectivity index (χ3v) is 3.08. The Morgan fingerprint density at radius 2 is 1.74 bits per heavy atom. The highest BCUT2D eigenvalue weighted by molar-refractivity contribution is 5.23. The quantitative estimate of drug-likeness (QED) is 0.884. The van der Waals surface area contributed by atoms with Crippen molar-refractivity contribution in [2.75, 3.05) is 0 Å². The number of benzene rings is 1. The van der Waals surface area contributed by atoms with Crippen LogP contribution in [0.4, 0.5) is 8.78 Å². The van der Waals surface area contributed by atoms with E-state index in [1.807, 2.05) is 19.1 Å². The first-order chi connectivity index (χ1) is 9.11. The van der Waals surface area contributed by atoms with Gasteiger partial charge in [-0.15, -0.1) is 0 Å². The van der Waals surface area contributed by atoms with Crippen molar-refractivity contribution in [3.8, 4) is 0 Å². The molecule has 0 radical (unpaired) electrons. The van der Waals surface area contributed by atoms with E-state index in [4.69, 9.17) is 4.42 Å². The van der Waals surface area contributed by atoms with Gasteiger partial charge in [0.25, 0.3) is 0 Å². The van der Waals surface area contributed by atoms with Gasteiger partial charge in [-0.25, -0.2) is 8.78 Å². The normalized spacial score (nSPS) is 12.6. The summed E-state index contributed by atoms with van der Waals surface area (Å²) in [6, 6.07) is 7.25. The molecule has 0 spiro atoms. The average Bonchev–Trinajstić information content (AvgIpc) is 2.84. The lowest BCUT2D eigenvalue weighted by Gasteiger charge is -2.14. The monoisotopic (exact) mass is 265 g/mol. The molecule has 1 heterocycles. The fourth-order valence-corrected chi connectivity index (χ4v) is 1.99. The molecular weight excluding hydrogens is 248 g/mol. The van der Waals surface area contributed by atoms with E-state index in [0.29, 0.717) is 6.54 Å². The van der Waals surface area contributed by atoms with Crippen molar-refractivity contribution in [2.45, 2.75) is 32.9 Å². The largest absolute Gasteiger partial charge is 0.465 e. The van der Waals surface area contributed by atoms with Gasteiger partial charge in [-0.3, -0.25) is 0 Å². The van der Waals surface area contributed by atoms with Gasteiger partial charge in [0.15, 0.2) is 0 Å². The van der Waals surface area contributed by atoms with E-state index in [-0.39, 0.29) is 5.56 Å². The predicted molar refractivity (Wildman–Crippen MR) is 69.7 cm³/mol. The Morgan fingerprint density at radius 1 is 1.11 bits per heavy atom. The van der Waals surface area contributed by atoms with Crippen LogP contribution in [0.1, 0.15) is 37.0 Å². The van der Waals surface area contributed by atoms with Gasteiger partial charge in [-0.05, 0) is 31.2 Å². The van der Waals surface area contributed by atoms with E-state index in [9.17, 15) is 8.78 Å². The summed E-state index contributed by atoms with van der Waals surface area (Å²) in [5, 5.41) is 3.06. The Hall–Kier alpha value is -1.68. The molecule has 102 valence electrons. The minimum absolute atomic E-state index is 0.0600. The van der Waals surface area contributed by atoms with E-state index < -0.39 is 17.7 Å². The smallest absolute Gasteiger partial charge is 0.130 e. The fraction of sp³-hybridized carbons (Fsp3) is 0.333. The lowest BCUT2D eigenvalue weighted by atomic mass is 10.1. The molecule has 1 aromatic heterocycles. The molecule has 4 heteroatoms. The zero-order chi connectivity index (χ0) is 13.8. The third kappa shape index (κ3) is 3.20. The highest BCUT2D eigenvalue weighted by atomic mass is 19.1. The summed E-state index contributed by atoms with van der Waals surface area (Å²) >= 11 is 0. The van der Waals surface area contributed by atoms with Crippen molar-refractivity contribution in [1.29, 1.82) is 0 Å². The topological polar surface area (TPSA) is 25.2 Å². The van der Waals surface area contributed by atoms with Gasteiger partial charge >= 0.3 is 0 Å². The summed E-state index contributed by atoms with van der Waals surface area (Å²) in [6.07, 6.45) is 0.831. The minimum atomic E-state index is -0.534. The highest BCUT2D eigenvalue weighted by Gasteiger charge is 2.15. The summed E-state index contributed by atoms with van der Waals surface area (Å²) in [5.74, 6) is 0.601. The minimum Gasteiger partial charge on any atom is -0.465 e. The first kappa shape index (κ1) is 13.7. The molecule has 2 aromatic rings. The maximum atomic E-state index is 13.6. The third-order valence-electron chi connectivity index (χ3n) is 3.08. The van der Waals surface area contributed by atoms with E-state index in [1.165, 1.54) is 18.2 Å². The van der Waals surface area contributed by atoms with Gasteiger partial charge in [0.05, 0.1) is 6.54 Å². The fourth-order valence-electron chi connectivity index (χ4n) is 1.99. The number of hydrogen-bond acceptors (Lipinski definition) is 2. The SMILES string of the molecule is CCc1ccc(CNC(C)c2c(F)cccc2F)o1. The van der Waals surface area contributed by atoms with Crippen molar-refractivity contribution in [1.82, 2.24) is 5.32 Å². The number of hydrogen-bond donors (Lipinski definition) is 1. The lowest BCUT2D eigenvalue weighted by molar-refractivity contribution is 0.423. The average molecular weight is 265 g/mol. The molecule has 0 bridgehead atoms. The number of furan rings is 1. The van der Waals surface area contributed by atoms with Crippen LogP contribution in [0.3, 0.4) is 0 Å². The highest BCUT2D eigenvalue weighted by Crippen LogP contribution is 2.20. The molecule has 0 saturated carbocycles. The molecule has 1 unspecified atom stereocenters. The predicted octanol–water partition coefficient (Wildman–Crippen LogP) is 3.97. The second-order valence-electron chi connectivity index (χ2n) is 4.46. The number of nitrogens with one attached hydrogen (secondary N) is 1. The van der Waals surface area contributed by atoms with E-state index in [0.717, 1.165) is 17.9 Å². The van der Waals surface area contributed by atoms with Gasteiger partial charge in [-0.1, -0.05) is 13.0 Å². The van der Waals surface area contributed by atoms with Gasteiger partial charge in [-0.2, -0.15) is 0 Å². The van der Waals surface area contributed by atoms with Crippen LogP contribution < -0.4 is 5.32 Å². The van der Waals surface area contributed by atoms with Gasteiger partial charge in [0, 0.05) is 18.0 Å². The standard InChI is InChI=1S/C15H17F2NO/c1-3-11-7-8-12(19-11)9-18-10(2)15-13(16)5-4-6-14(15)17/h4-8,10,18H,3,9H2,1-2H3. The Labute approximate surface area is 111 Å². The van der Waals surface area contributed by atoms with Crippen LogP contribution in [0.25, 0.3) is 0 Å². The Bertz CT molecular complexity index is 531. The molecule has 0 aliphatic rings. The van der Waals surface area contributed by atoms with Crippen molar-refractivity contribution in [3.05, 3.63) is 59.1 Å². The molecule has 2 rings (SSSR count). The number of aryl methyl sites for hydroxylation is 1. The molecule has 1 aromatic carbocycles. The zero-order valence-electron chi connectivity index (χ0n) is 11.0. The van der Waals surface area contributed by atoms with Crippen LogP contribution in [-0.4, -0.2) is 0 Å². The summed E-state index contributed by atoms with van der Waals surface area (Å²) in [5.41, 5.74) is 0.0600. The summed E-state index contributed by atoms with van der Waals surface area (Å²) < 4.78 is 32.7. The molecule has 0 fully saturated rings. The van der Waals surface area contributed by atoms with Crippen LogP contribution in [0.2, 0.25) is 0 Å². The Balaban J connectivity index is 2.03. The van der Waals surface area contributed by atoms with E-state index >= 15 is 0 Å². The van der Waals surface area contributed by atoms with Gasteiger partial charge < -0.3 is 9.73 Å². The van der Waals surface area contributed by atoms with Crippen LogP contribution in [0.15, 0.2) is 34.7 Å². The molecular formula is C15H17F2NO. The summed E-state index contributed by atoms with van der Waals surface area (Å²) in [7, 11) is 0. The maximum Gasteiger partial charge on any atom is 0.130 e. The molecule has 2 nitrogen and oxygen atoms in total. The van der Waals surface area contributed by atoms with Crippen molar-refractivity contribution in [3.63, 3.8) is 0 Å². The second kappa shape index (κ2) is 5.97. The molecule has 0 aliphatic heterocycles. The molecule has 1 N–H and O–H groups in total. The summed E-state index contributed by atoms with van der Waals surface area (Å²) in [4.78, 5) is 0. The van der Waals surface area contributed by atoms with Crippen molar-refractivity contribution in [2.24, 2.45) is 0 Å². The molecule has 19 heavy (non-hydrogen) atoms. The van der Waals surface area contributed by atoms with E-state index in [2.05, 4.69) is 5.32 Å². The van der Waals surface area contributed by atoms with Gasteiger partial charge in [0.1, 0.15) is 23.2 Å². The number of rotatable bonds is 5. The van der Waals surface area contributed by atoms with Crippen LogP contribution >= 0.6 is 0 Å². The zero-order valence-corrected chi connectivity index (χ0v) is 11.0. The molecule has 0 aliphatic carbocycles. The molecule has 0 amide bonds. The first-order valence-corrected chi connectivity index (χ1v) is 6.36. The summed E-state index contributed by atoms with van der Waals surface area (Å²) in [6.45, 7) is 4.17. The van der Waals surface area contributed by atoms with E-state index in [1.54, 1.807) is 6.92 Å². The number of halogens is 2. The molecule has 1 atom stereocenters. The maximum absolute atomic E-state index is 13.6. The van der Waals surface area contributed by atoms with Crippen LogP contribution in [-0.2, 0) is 13.0 Å². The Morgan fingerprint density at radius 3 is 2.32 bits per heavy atom. The first-order valence-electron chi connectivity index (χ1n) is 6.36. The lowest BCUT2D eigenvalue weighted by Crippen LogP contribution is -2.20. The van der Waals surface area contributed by atoms with Crippen molar-refractivity contribution >= 4 is 0 Å².